The molecule has 1 aromatic carbocycles. The second-order valence-electron chi connectivity index (χ2n) is 6.86. The maximum atomic E-state index is 5.60. The fraction of sp³-hybridized carbons (Fsp3) is 0.474. The fourth-order valence-electron chi connectivity index (χ4n) is 3.38. The average molecular weight is 359 g/mol. The molecular weight excluding hydrogens is 330 g/mol. The van der Waals surface area contributed by atoms with Crippen molar-refractivity contribution < 1.29 is 4.57 Å². The Morgan fingerprint density at radius 1 is 1.20 bits per heavy atom. The summed E-state index contributed by atoms with van der Waals surface area (Å²) in [6, 6.07) is 8.17. The van der Waals surface area contributed by atoms with Crippen molar-refractivity contribution in [3.63, 3.8) is 0 Å². The molecule has 0 bridgehead atoms. The number of hydrogen-bond donors (Lipinski definition) is 3. The molecule has 0 radical (unpaired) electrons. The van der Waals surface area contributed by atoms with Gasteiger partial charge in [0.05, 0.1) is 23.4 Å². The van der Waals surface area contributed by atoms with E-state index in [1.165, 1.54) is 32.1 Å². The Bertz CT molecular complexity index is 691. The van der Waals surface area contributed by atoms with E-state index in [9.17, 15) is 0 Å². The quantitative estimate of drug-likeness (QED) is 0.402. The van der Waals surface area contributed by atoms with E-state index in [2.05, 4.69) is 26.8 Å². The second-order valence-corrected chi connectivity index (χ2v) is 7.35. The van der Waals surface area contributed by atoms with Crippen molar-refractivity contribution in [3.05, 3.63) is 43.0 Å². The molecule has 3 N–H and O–H groups in total. The van der Waals surface area contributed by atoms with Gasteiger partial charge in [0, 0.05) is 6.42 Å². The predicted molar refractivity (Wildman–Crippen MR) is 106 cm³/mol. The molecule has 1 fully saturated rings. The van der Waals surface area contributed by atoms with Gasteiger partial charge in [-0.2, -0.15) is 5.43 Å². The summed E-state index contributed by atoms with van der Waals surface area (Å²) in [6.45, 7) is 0.682. The zero-order valence-corrected chi connectivity index (χ0v) is 15.7. The SMILES string of the molecule is C[n+]1ccn(CNNc2ccccc2NC(=S)CC2CCCCC2)c1. The number of para-hydroxylation sites is 2. The number of hydrogen-bond acceptors (Lipinski definition) is 3. The zero-order valence-electron chi connectivity index (χ0n) is 14.9. The number of nitrogens with zero attached hydrogens (tertiary/aromatic N) is 2. The Kier molecular flexibility index (Phi) is 6.42. The molecule has 6 heteroatoms. The minimum Gasteiger partial charge on any atom is -0.348 e. The normalized spacial score (nSPS) is 15.1. The summed E-state index contributed by atoms with van der Waals surface area (Å²) in [6.07, 6.45) is 13.8. The van der Waals surface area contributed by atoms with Gasteiger partial charge in [-0.1, -0.05) is 56.5 Å². The lowest BCUT2D eigenvalue weighted by molar-refractivity contribution is -0.671. The summed E-state index contributed by atoms with van der Waals surface area (Å²) in [5.41, 5.74) is 8.55. The highest BCUT2D eigenvalue weighted by Gasteiger charge is 2.15. The Morgan fingerprint density at radius 3 is 2.68 bits per heavy atom. The van der Waals surface area contributed by atoms with Crippen LogP contribution in [0.5, 0.6) is 0 Å². The van der Waals surface area contributed by atoms with Gasteiger partial charge in [0.25, 0.3) is 0 Å². The summed E-state index contributed by atoms with van der Waals surface area (Å²) < 4.78 is 4.08. The molecule has 0 amide bonds. The molecule has 1 saturated carbocycles. The summed E-state index contributed by atoms with van der Waals surface area (Å²) in [5, 5.41) is 3.43. The number of nitrogens with one attached hydrogen (secondary N) is 3. The number of anilines is 2. The van der Waals surface area contributed by atoms with Crippen LogP contribution in [-0.2, 0) is 13.7 Å². The van der Waals surface area contributed by atoms with Gasteiger partial charge in [0.1, 0.15) is 12.4 Å². The van der Waals surface area contributed by atoms with Gasteiger partial charge in [-0.3, -0.25) is 0 Å². The largest absolute Gasteiger partial charge is 0.348 e. The number of aryl methyl sites for hydroxylation is 1. The van der Waals surface area contributed by atoms with E-state index in [1.807, 2.05) is 48.5 Å². The Balaban J connectivity index is 1.51. The molecule has 0 unspecified atom stereocenters. The van der Waals surface area contributed by atoms with Gasteiger partial charge in [-0.15, -0.1) is 0 Å². The molecule has 1 aromatic heterocycles. The Hall–Kier alpha value is -1.92. The molecule has 0 saturated heterocycles. The Labute approximate surface area is 155 Å². The van der Waals surface area contributed by atoms with Crippen LogP contribution in [0.25, 0.3) is 0 Å². The maximum absolute atomic E-state index is 5.60. The van der Waals surface area contributed by atoms with Crippen LogP contribution >= 0.6 is 12.2 Å². The van der Waals surface area contributed by atoms with E-state index >= 15 is 0 Å². The van der Waals surface area contributed by atoms with Gasteiger partial charge < -0.3 is 10.7 Å². The summed E-state index contributed by atoms with van der Waals surface area (Å²) in [4.78, 5) is 0.943. The highest BCUT2D eigenvalue weighted by molar-refractivity contribution is 7.80. The minimum atomic E-state index is 0.682. The Morgan fingerprint density at radius 2 is 1.96 bits per heavy atom. The maximum Gasteiger partial charge on any atom is 0.244 e. The van der Waals surface area contributed by atoms with Crippen molar-refractivity contribution >= 4 is 28.6 Å². The predicted octanol–water partition coefficient (Wildman–Crippen LogP) is 3.60. The smallest absolute Gasteiger partial charge is 0.244 e. The third-order valence-electron chi connectivity index (χ3n) is 4.71. The third kappa shape index (κ3) is 5.54. The van der Waals surface area contributed by atoms with Crippen LogP contribution in [0.1, 0.15) is 38.5 Å². The van der Waals surface area contributed by atoms with Gasteiger partial charge >= 0.3 is 0 Å². The van der Waals surface area contributed by atoms with Gasteiger partial charge in [-0.05, 0) is 18.1 Å². The van der Waals surface area contributed by atoms with Crippen LogP contribution in [-0.4, -0.2) is 9.56 Å². The highest BCUT2D eigenvalue weighted by Crippen LogP contribution is 2.28. The molecule has 1 heterocycles. The first-order valence-corrected chi connectivity index (χ1v) is 9.50. The first-order chi connectivity index (χ1) is 12.2. The lowest BCUT2D eigenvalue weighted by Gasteiger charge is -2.22. The van der Waals surface area contributed by atoms with Crippen LogP contribution < -0.4 is 20.7 Å². The molecular formula is C19H28N5S+. The molecule has 0 spiro atoms. The molecule has 0 atom stereocenters. The summed E-state index contributed by atoms with van der Waals surface area (Å²) >= 11 is 5.60. The van der Waals surface area contributed by atoms with E-state index in [0.717, 1.165) is 28.7 Å². The van der Waals surface area contributed by atoms with Crippen LogP contribution in [0.3, 0.4) is 0 Å². The highest BCUT2D eigenvalue weighted by atomic mass is 32.1. The molecule has 1 aliphatic carbocycles. The molecule has 1 aliphatic rings. The van der Waals surface area contributed by atoms with Gasteiger partial charge in [0.15, 0.2) is 6.67 Å². The van der Waals surface area contributed by atoms with Crippen molar-refractivity contribution in [3.8, 4) is 0 Å². The van der Waals surface area contributed by atoms with Gasteiger partial charge in [-0.25, -0.2) is 9.13 Å². The minimum absolute atomic E-state index is 0.682. The molecule has 5 nitrogen and oxygen atoms in total. The van der Waals surface area contributed by atoms with E-state index in [1.54, 1.807) is 0 Å². The topological polar surface area (TPSA) is 44.9 Å². The molecule has 0 aliphatic heterocycles. The fourth-order valence-corrected chi connectivity index (χ4v) is 3.72. The van der Waals surface area contributed by atoms with E-state index in [-0.39, 0.29) is 0 Å². The standard InChI is InChI=1S/C19H27N5S/c1-23-11-12-24(15-23)14-20-22-18-10-6-5-9-17(18)21-19(25)13-16-7-3-2-4-8-16/h5-6,9-12,15-16,20,22H,2-4,7-8,13-14H2,1H3/p+1. The monoisotopic (exact) mass is 358 g/mol. The molecule has 2 aromatic rings. The number of benzene rings is 1. The van der Waals surface area contributed by atoms with E-state index in [4.69, 9.17) is 12.2 Å². The average Bonchev–Trinajstić information content (AvgIpc) is 3.02. The van der Waals surface area contributed by atoms with Crippen LogP contribution in [0, 0.1) is 5.92 Å². The first kappa shape index (κ1) is 17.9. The van der Waals surface area contributed by atoms with E-state index < -0.39 is 0 Å². The van der Waals surface area contributed by atoms with Crippen LogP contribution in [0.15, 0.2) is 43.0 Å². The van der Waals surface area contributed by atoms with Crippen molar-refractivity contribution in [2.45, 2.75) is 45.2 Å². The number of thiocarbonyl (C=S) groups is 1. The van der Waals surface area contributed by atoms with Crippen molar-refractivity contribution in [1.29, 1.82) is 0 Å². The van der Waals surface area contributed by atoms with Gasteiger partial charge in [0.2, 0.25) is 6.33 Å². The molecule has 3 rings (SSSR count). The number of rotatable bonds is 7. The van der Waals surface area contributed by atoms with Crippen molar-refractivity contribution in [2.24, 2.45) is 13.0 Å². The third-order valence-corrected chi connectivity index (χ3v) is 4.98. The zero-order chi connectivity index (χ0) is 17.5. The number of aromatic nitrogens is 2. The molecule has 134 valence electrons. The molecule has 25 heavy (non-hydrogen) atoms. The van der Waals surface area contributed by atoms with Crippen molar-refractivity contribution in [1.82, 2.24) is 9.99 Å². The van der Waals surface area contributed by atoms with Crippen molar-refractivity contribution in [2.75, 3.05) is 10.7 Å². The number of hydrazine groups is 1. The van der Waals surface area contributed by atoms with Crippen LogP contribution in [0.4, 0.5) is 11.4 Å². The summed E-state index contributed by atoms with van der Waals surface area (Å²) in [5.74, 6) is 0.751. The lowest BCUT2D eigenvalue weighted by Crippen LogP contribution is -2.28. The lowest BCUT2D eigenvalue weighted by atomic mass is 9.87. The summed E-state index contributed by atoms with van der Waals surface area (Å²) in [7, 11) is 2.01. The van der Waals surface area contributed by atoms with E-state index in [0.29, 0.717) is 6.67 Å². The number of imidazole rings is 1. The first-order valence-electron chi connectivity index (χ1n) is 9.09. The van der Waals surface area contributed by atoms with Crippen LogP contribution in [0.2, 0.25) is 0 Å². The second kappa shape index (κ2) is 8.97.